The first-order valence-electron chi connectivity index (χ1n) is 7.83. The molecule has 0 aliphatic rings. The van der Waals surface area contributed by atoms with E-state index in [2.05, 4.69) is 5.32 Å². The zero-order valence-electron chi connectivity index (χ0n) is 13.9. The first-order valence-corrected chi connectivity index (χ1v) is 8.21. The van der Waals surface area contributed by atoms with Crippen LogP contribution in [0.4, 0.5) is 5.69 Å². The van der Waals surface area contributed by atoms with E-state index in [1.165, 1.54) is 18.4 Å². The van der Waals surface area contributed by atoms with E-state index in [-0.39, 0.29) is 12.2 Å². The Balaban J connectivity index is 1.56. The van der Waals surface area contributed by atoms with Gasteiger partial charge in [-0.05, 0) is 36.8 Å². The Hall–Kier alpha value is -2.99. The number of esters is 1. The number of benzene rings is 2. The molecular weight excluding hydrogens is 358 g/mol. The summed E-state index contributed by atoms with van der Waals surface area (Å²) in [4.78, 5) is 23.9. The summed E-state index contributed by atoms with van der Waals surface area (Å²) < 4.78 is 10.3. The Morgan fingerprint density at radius 3 is 2.88 bits per heavy atom. The topological polar surface area (TPSA) is 88.8 Å². The third-order valence-electron chi connectivity index (χ3n) is 3.88. The molecule has 0 saturated carbocycles. The molecule has 6 nitrogen and oxygen atoms in total. The van der Waals surface area contributed by atoms with Crippen LogP contribution in [0.15, 0.2) is 47.1 Å². The summed E-state index contributed by atoms with van der Waals surface area (Å²) >= 11 is 6.00. The summed E-state index contributed by atoms with van der Waals surface area (Å²) in [6, 6.07) is 9.79. The fraction of sp³-hybridized carbons (Fsp3) is 0.158. The van der Waals surface area contributed by atoms with Crippen molar-refractivity contribution in [3.63, 3.8) is 0 Å². The SMILES string of the molecule is Cc1c(Cl)cccc1NC(=O)COC(=O)Cc1coc2cc(O)ccc12. The lowest BCUT2D eigenvalue weighted by atomic mass is 10.1. The van der Waals surface area contributed by atoms with Crippen molar-refractivity contribution in [2.75, 3.05) is 11.9 Å². The molecule has 134 valence electrons. The van der Waals surface area contributed by atoms with Crippen LogP contribution < -0.4 is 5.32 Å². The Labute approximate surface area is 154 Å². The molecule has 26 heavy (non-hydrogen) atoms. The minimum Gasteiger partial charge on any atom is -0.508 e. The Kier molecular flexibility index (Phi) is 5.14. The maximum atomic E-state index is 12.0. The number of rotatable bonds is 5. The predicted molar refractivity (Wildman–Crippen MR) is 97.4 cm³/mol. The molecule has 3 rings (SSSR count). The Morgan fingerprint density at radius 2 is 2.08 bits per heavy atom. The van der Waals surface area contributed by atoms with E-state index < -0.39 is 18.5 Å². The number of anilines is 1. The highest BCUT2D eigenvalue weighted by atomic mass is 35.5. The average molecular weight is 374 g/mol. The van der Waals surface area contributed by atoms with Crippen molar-refractivity contribution in [2.24, 2.45) is 0 Å². The summed E-state index contributed by atoms with van der Waals surface area (Å²) in [5, 5.41) is 13.3. The van der Waals surface area contributed by atoms with Crippen LogP contribution in [0.5, 0.6) is 5.75 Å². The molecule has 7 heteroatoms. The van der Waals surface area contributed by atoms with Crippen LogP contribution in [-0.2, 0) is 20.7 Å². The Morgan fingerprint density at radius 1 is 1.27 bits per heavy atom. The summed E-state index contributed by atoms with van der Waals surface area (Å²) in [6.07, 6.45) is 1.39. The van der Waals surface area contributed by atoms with E-state index in [1.807, 2.05) is 0 Å². The van der Waals surface area contributed by atoms with Gasteiger partial charge in [0.1, 0.15) is 11.3 Å². The molecule has 3 aromatic rings. The van der Waals surface area contributed by atoms with Crippen LogP contribution in [-0.4, -0.2) is 23.6 Å². The fourth-order valence-electron chi connectivity index (χ4n) is 2.49. The minimum atomic E-state index is -0.557. The lowest BCUT2D eigenvalue weighted by Gasteiger charge is -2.09. The number of amides is 1. The van der Waals surface area contributed by atoms with Gasteiger partial charge in [-0.2, -0.15) is 0 Å². The van der Waals surface area contributed by atoms with Gasteiger partial charge in [0.15, 0.2) is 6.61 Å². The monoisotopic (exact) mass is 373 g/mol. The highest BCUT2D eigenvalue weighted by Gasteiger charge is 2.14. The molecule has 0 bridgehead atoms. The van der Waals surface area contributed by atoms with E-state index >= 15 is 0 Å². The molecule has 0 spiro atoms. The summed E-state index contributed by atoms with van der Waals surface area (Å²) in [7, 11) is 0. The van der Waals surface area contributed by atoms with Gasteiger partial charge in [-0.15, -0.1) is 0 Å². The number of carbonyl (C=O) groups is 2. The van der Waals surface area contributed by atoms with Gasteiger partial charge in [-0.1, -0.05) is 17.7 Å². The molecular formula is C19H16ClNO5. The van der Waals surface area contributed by atoms with Gasteiger partial charge in [0.2, 0.25) is 0 Å². The largest absolute Gasteiger partial charge is 0.508 e. The summed E-state index contributed by atoms with van der Waals surface area (Å²) in [5.41, 5.74) is 2.40. The molecule has 0 atom stereocenters. The molecule has 2 N–H and O–H groups in total. The molecule has 0 aliphatic heterocycles. The molecule has 0 radical (unpaired) electrons. The third-order valence-corrected chi connectivity index (χ3v) is 4.29. The smallest absolute Gasteiger partial charge is 0.310 e. The zero-order valence-corrected chi connectivity index (χ0v) is 14.7. The lowest BCUT2D eigenvalue weighted by Crippen LogP contribution is -2.22. The highest BCUT2D eigenvalue weighted by molar-refractivity contribution is 6.31. The summed E-state index contributed by atoms with van der Waals surface area (Å²) in [6.45, 7) is 1.38. The van der Waals surface area contributed by atoms with Gasteiger partial charge in [0.05, 0.1) is 12.7 Å². The van der Waals surface area contributed by atoms with Crippen molar-refractivity contribution in [3.8, 4) is 5.75 Å². The van der Waals surface area contributed by atoms with Crippen LogP contribution in [0, 0.1) is 6.92 Å². The number of aromatic hydroxyl groups is 1. The first-order chi connectivity index (χ1) is 12.4. The van der Waals surface area contributed by atoms with Gasteiger partial charge < -0.3 is 19.6 Å². The van der Waals surface area contributed by atoms with Gasteiger partial charge >= 0.3 is 5.97 Å². The number of phenols is 1. The van der Waals surface area contributed by atoms with E-state index in [4.69, 9.17) is 20.8 Å². The summed E-state index contributed by atoms with van der Waals surface area (Å²) in [5.74, 6) is -0.932. The molecule has 0 saturated heterocycles. The number of nitrogens with one attached hydrogen (secondary N) is 1. The molecule has 1 aromatic heterocycles. The first kappa shape index (κ1) is 17.8. The minimum absolute atomic E-state index is 0.0404. The Bertz CT molecular complexity index is 979. The number of halogens is 1. The van der Waals surface area contributed by atoms with Crippen molar-refractivity contribution in [3.05, 3.63) is 58.8 Å². The van der Waals surface area contributed by atoms with Gasteiger partial charge in [0.25, 0.3) is 5.91 Å². The fourth-order valence-corrected chi connectivity index (χ4v) is 2.67. The van der Waals surface area contributed by atoms with E-state index in [0.29, 0.717) is 27.2 Å². The van der Waals surface area contributed by atoms with Crippen LogP contribution in [0.2, 0.25) is 5.02 Å². The number of phenolic OH excluding ortho intramolecular Hbond substituents is 1. The van der Waals surface area contributed by atoms with Crippen molar-refractivity contribution in [1.29, 1.82) is 0 Å². The van der Waals surface area contributed by atoms with Crippen molar-refractivity contribution < 1.29 is 23.8 Å². The molecule has 0 fully saturated rings. The van der Waals surface area contributed by atoms with Crippen molar-refractivity contribution in [1.82, 2.24) is 0 Å². The molecule has 1 heterocycles. The van der Waals surface area contributed by atoms with Gasteiger partial charge in [0, 0.05) is 27.7 Å². The second-order valence-electron chi connectivity index (χ2n) is 5.74. The quantitative estimate of drug-likeness (QED) is 0.663. The number of carbonyl (C=O) groups excluding carboxylic acids is 2. The molecule has 0 unspecified atom stereocenters. The van der Waals surface area contributed by atoms with E-state index in [0.717, 1.165) is 5.56 Å². The van der Waals surface area contributed by atoms with Crippen LogP contribution in [0.25, 0.3) is 11.0 Å². The highest BCUT2D eigenvalue weighted by Crippen LogP contribution is 2.25. The van der Waals surface area contributed by atoms with E-state index in [1.54, 1.807) is 31.2 Å². The van der Waals surface area contributed by atoms with E-state index in [9.17, 15) is 14.7 Å². The van der Waals surface area contributed by atoms with Gasteiger partial charge in [-0.3, -0.25) is 9.59 Å². The van der Waals surface area contributed by atoms with Crippen LogP contribution >= 0.6 is 11.6 Å². The van der Waals surface area contributed by atoms with Gasteiger partial charge in [-0.25, -0.2) is 0 Å². The van der Waals surface area contributed by atoms with Crippen molar-refractivity contribution in [2.45, 2.75) is 13.3 Å². The number of hydrogen-bond acceptors (Lipinski definition) is 5. The van der Waals surface area contributed by atoms with Crippen molar-refractivity contribution >= 4 is 40.1 Å². The average Bonchev–Trinajstić information content (AvgIpc) is 2.99. The number of ether oxygens (including phenoxy) is 1. The lowest BCUT2D eigenvalue weighted by molar-refractivity contribution is -0.146. The van der Waals surface area contributed by atoms with Crippen LogP contribution in [0.3, 0.4) is 0 Å². The maximum Gasteiger partial charge on any atom is 0.310 e. The molecule has 0 aliphatic carbocycles. The normalized spacial score (nSPS) is 10.7. The zero-order chi connectivity index (χ0) is 18.7. The van der Waals surface area contributed by atoms with Crippen LogP contribution in [0.1, 0.15) is 11.1 Å². The number of fused-ring (bicyclic) bond motifs is 1. The second kappa shape index (κ2) is 7.49. The molecule has 2 aromatic carbocycles. The number of furan rings is 1. The number of hydrogen-bond donors (Lipinski definition) is 2. The maximum absolute atomic E-state index is 12.0. The standard InChI is InChI=1S/C19H16ClNO5/c1-11-15(20)3-2-4-16(11)21-18(23)10-26-19(24)7-12-9-25-17-8-13(22)5-6-14(12)17/h2-6,8-9,22H,7,10H2,1H3,(H,21,23). The predicted octanol–water partition coefficient (Wildman–Crippen LogP) is 3.82. The molecule has 1 amide bonds. The third kappa shape index (κ3) is 3.97. The second-order valence-corrected chi connectivity index (χ2v) is 6.15.